The molecule has 1 N–H and O–H groups in total. The first-order valence-corrected chi connectivity index (χ1v) is 12.5. The van der Waals surface area contributed by atoms with Crippen LogP contribution in [0.25, 0.3) is 27.8 Å². The molecule has 5 rings (SSSR count). The topological polar surface area (TPSA) is 59.8 Å². The van der Waals surface area contributed by atoms with Crippen LogP contribution in [-0.2, 0) is 4.79 Å². The number of rotatable bonds is 6. The molecular formula is C29H26N4OS. The maximum absolute atomic E-state index is 12.8. The van der Waals surface area contributed by atoms with Gasteiger partial charge < -0.3 is 5.32 Å². The van der Waals surface area contributed by atoms with Crippen LogP contribution >= 0.6 is 11.8 Å². The normalized spacial score (nSPS) is 11.1. The molecule has 0 saturated carbocycles. The van der Waals surface area contributed by atoms with Crippen molar-refractivity contribution in [2.75, 3.05) is 11.1 Å². The van der Waals surface area contributed by atoms with Gasteiger partial charge in [0, 0.05) is 16.6 Å². The average Bonchev–Trinajstić information content (AvgIpc) is 3.29. The number of aromatic nitrogens is 3. The van der Waals surface area contributed by atoms with Crippen molar-refractivity contribution in [1.82, 2.24) is 14.8 Å². The minimum absolute atomic E-state index is 0.0759. The highest BCUT2D eigenvalue weighted by atomic mass is 32.2. The number of hydrogen-bond acceptors (Lipinski definition) is 4. The Labute approximate surface area is 209 Å². The van der Waals surface area contributed by atoms with Crippen LogP contribution in [0.15, 0.2) is 90.1 Å². The van der Waals surface area contributed by atoms with Gasteiger partial charge in [-0.2, -0.15) is 0 Å². The third kappa shape index (κ3) is 4.70. The van der Waals surface area contributed by atoms with Gasteiger partial charge in [-0.15, -0.1) is 10.2 Å². The smallest absolute Gasteiger partial charge is 0.234 e. The quantitative estimate of drug-likeness (QED) is 0.275. The zero-order valence-corrected chi connectivity index (χ0v) is 20.8. The molecule has 1 aromatic heterocycles. The van der Waals surface area contributed by atoms with E-state index in [0.717, 1.165) is 44.7 Å². The van der Waals surface area contributed by atoms with E-state index in [1.54, 1.807) is 0 Å². The SMILES string of the molecule is Cc1ccc(-c2nnc(SCC(=O)Nc3cccc(C)c3C)n2-c2cccc3ccccc23)cc1. The van der Waals surface area contributed by atoms with Crippen molar-refractivity contribution < 1.29 is 4.79 Å². The Kier molecular flexibility index (Phi) is 6.38. The summed E-state index contributed by atoms with van der Waals surface area (Å²) in [5.74, 6) is 0.899. The molecule has 0 aliphatic rings. The van der Waals surface area contributed by atoms with E-state index >= 15 is 0 Å². The van der Waals surface area contributed by atoms with E-state index in [1.807, 2.05) is 50.2 Å². The van der Waals surface area contributed by atoms with Crippen LogP contribution in [0.2, 0.25) is 0 Å². The number of hydrogen-bond donors (Lipinski definition) is 1. The van der Waals surface area contributed by atoms with Crippen molar-refractivity contribution in [3.05, 3.63) is 102 Å². The van der Waals surface area contributed by atoms with Crippen LogP contribution in [-0.4, -0.2) is 26.4 Å². The van der Waals surface area contributed by atoms with Crippen LogP contribution in [0, 0.1) is 20.8 Å². The number of carbonyl (C=O) groups is 1. The highest BCUT2D eigenvalue weighted by Gasteiger charge is 2.19. The van der Waals surface area contributed by atoms with Gasteiger partial charge in [-0.25, -0.2) is 0 Å². The monoisotopic (exact) mass is 478 g/mol. The fourth-order valence-corrected chi connectivity index (χ4v) is 4.82. The lowest BCUT2D eigenvalue weighted by Gasteiger charge is -2.14. The average molecular weight is 479 g/mol. The lowest BCUT2D eigenvalue weighted by molar-refractivity contribution is -0.113. The predicted molar refractivity (Wildman–Crippen MR) is 144 cm³/mol. The van der Waals surface area contributed by atoms with E-state index in [1.165, 1.54) is 17.3 Å². The van der Waals surface area contributed by atoms with Gasteiger partial charge in [0.2, 0.25) is 5.91 Å². The zero-order valence-electron chi connectivity index (χ0n) is 19.9. The second-order valence-corrected chi connectivity index (χ2v) is 9.53. The van der Waals surface area contributed by atoms with Crippen molar-refractivity contribution in [3.63, 3.8) is 0 Å². The maximum atomic E-state index is 12.8. The lowest BCUT2D eigenvalue weighted by Crippen LogP contribution is -2.15. The van der Waals surface area contributed by atoms with Crippen molar-refractivity contribution >= 4 is 34.1 Å². The number of nitrogens with zero attached hydrogens (tertiary/aromatic N) is 3. The van der Waals surface area contributed by atoms with E-state index in [9.17, 15) is 4.79 Å². The Balaban J connectivity index is 1.51. The number of fused-ring (bicyclic) bond motifs is 1. The Morgan fingerprint density at radius 2 is 1.60 bits per heavy atom. The molecule has 1 amide bonds. The minimum Gasteiger partial charge on any atom is -0.325 e. The Hall–Kier alpha value is -3.90. The summed E-state index contributed by atoms with van der Waals surface area (Å²) in [5, 5.41) is 15.0. The summed E-state index contributed by atoms with van der Waals surface area (Å²) >= 11 is 1.38. The summed E-state index contributed by atoms with van der Waals surface area (Å²) in [4.78, 5) is 12.8. The van der Waals surface area contributed by atoms with Crippen molar-refractivity contribution in [2.24, 2.45) is 0 Å². The van der Waals surface area contributed by atoms with Gasteiger partial charge in [-0.1, -0.05) is 90.1 Å². The van der Waals surface area contributed by atoms with Crippen LogP contribution in [0.4, 0.5) is 5.69 Å². The number of aryl methyl sites for hydroxylation is 2. The Morgan fingerprint density at radius 3 is 2.43 bits per heavy atom. The largest absolute Gasteiger partial charge is 0.325 e. The molecule has 0 fully saturated rings. The van der Waals surface area contributed by atoms with Crippen LogP contribution < -0.4 is 5.32 Å². The van der Waals surface area contributed by atoms with E-state index in [-0.39, 0.29) is 11.7 Å². The van der Waals surface area contributed by atoms with Crippen molar-refractivity contribution in [3.8, 4) is 17.1 Å². The predicted octanol–water partition coefficient (Wildman–Crippen LogP) is 6.74. The van der Waals surface area contributed by atoms with Gasteiger partial charge in [0.1, 0.15) is 0 Å². The van der Waals surface area contributed by atoms with Crippen LogP contribution in [0.5, 0.6) is 0 Å². The molecule has 0 atom stereocenters. The number of carbonyl (C=O) groups excluding carboxylic acids is 1. The number of anilines is 1. The van der Waals surface area contributed by atoms with Gasteiger partial charge in [0.05, 0.1) is 11.4 Å². The van der Waals surface area contributed by atoms with Crippen LogP contribution in [0.3, 0.4) is 0 Å². The van der Waals surface area contributed by atoms with E-state index in [4.69, 9.17) is 0 Å². The van der Waals surface area contributed by atoms with Gasteiger partial charge in [-0.3, -0.25) is 9.36 Å². The lowest BCUT2D eigenvalue weighted by atomic mass is 10.1. The number of benzene rings is 4. The standard InChI is InChI=1S/C29H26N4OS/c1-19-14-16-23(17-15-19)28-31-32-29(33(28)26-13-7-10-22-9-4-5-11-24(22)26)35-18-27(34)30-25-12-6-8-20(2)21(25)3/h4-17H,18H2,1-3H3,(H,30,34). The molecule has 1 heterocycles. The van der Waals surface area contributed by atoms with E-state index < -0.39 is 0 Å². The zero-order chi connectivity index (χ0) is 24.4. The summed E-state index contributed by atoms with van der Waals surface area (Å²) in [6, 6.07) is 28.7. The molecule has 0 radical (unpaired) electrons. The third-order valence-electron chi connectivity index (χ3n) is 6.16. The molecule has 0 aliphatic carbocycles. The van der Waals surface area contributed by atoms with Crippen molar-refractivity contribution in [1.29, 1.82) is 0 Å². The highest BCUT2D eigenvalue weighted by Crippen LogP contribution is 2.32. The van der Waals surface area contributed by atoms with E-state index in [0.29, 0.717) is 5.16 Å². The first-order chi connectivity index (χ1) is 17.0. The summed E-state index contributed by atoms with van der Waals surface area (Å²) in [5.41, 5.74) is 6.21. The Morgan fingerprint density at radius 1 is 0.857 bits per heavy atom. The van der Waals surface area contributed by atoms with Gasteiger partial charge >= 0.3 is 0 Å². The maximum Gasteiger partial charge on any atom is 0.234 e. The number of nitrogens with one attached hydrogen (secondary N) is 1. The molecule has 174 valence electrons. The summed E-state index contributed by atoms with van der Waals surface area (Å²) < 4.78 is 2.06. The van der Waals surface area contributed by atoms with Crippen molar-refractivity contribution in [2.45, 2.75) is 25.9 Å². The second kappa shape index (κ2) is 9.76. The highest BCUT2D eigenvalue weighted by molar-refractivity contribution is 7.99. The fraction of sp³-hybridized carbons (Fsp3) is 0.138. The summed E-state index contributed by atoms with van der Waals surface area (Å²) in [6.07, 6.45) is 0. The van der Waals surface area contributed by atoms with E-state index in [2.05, 4.69) is 75.5 Å². The molecule has 6 heteroatoms. The first kappa shape index (κ1) is 22.9. The molecule has 0 bridgehead atoms. The molecule has 35 heavy (non-hydrogen) atoms. The summed E-state index contributed by atoms with van der Waals surface area (Å²) in [6.45, 7) is 6.12. The Bertz CT molecular complexity index is 1520. The molecule has 5 nitrogen and oxygen atoms in total. The molecule has 4 aromatic carbocycles. The fourth-order valence-electron chi connectivity index (χ4n) is 4.08. The molecule has 0 unspecified atom stereocenters. The minimum atomic E-state index is -0.0759. The first-order valence-electron chi connectivity index (χ1n) is 11.5. The van der Waals surface area contributed by atoms with Gasteiger partial charge in [0.15, 0.2) is 11.0 Å². The number of amides is 1. The molecule has 5 aromatic rings. The molecular weight excluding hydrogens is 452 g/mol. The van der Waals surface area contributed by atoms with Gasteiger partial charge in [0.25, 0.3) is 0 Å². The molecule has 0 aliphatic heterocycles. The second-order valence-electron chi connectivity index (χ2n) is 8.59. The van der Waals surface area contributed by atoms with Gasteiger partial charge in [-0.05, 0) is 49.4 Å². The van der Waals surface area contributed by atoms with Crippen LogP contribution in [0.1, 0.15) is 16.7 Å². The third-order valence-corrected chi connectivity index (χ3v) is 7.09. The summed E-state index contributed by atoms with van der Waals surface area (Å²) in [7, 11) is 0. The molecule has 0 saturated heterocycles. The molecule has 0 spiro atoms. The number of thioether (sulfide) groups is 1.